The minimum Gasteiger partial charge on any atom is -0.494 e. The lowest BCUT2D eigenvalue weighted by atomic mass is 9.74. The van der Waals surface area contributed by atoms with Gasteiger partial charge in [0.2, 0.25) is 0 Å². The van der Waals surface area contributed by atoms with Gasteiger partial charge in [-0.1, -0.05) is 44.7 Å². The van der Waals surface area contributed by atoms with Gasteiger partial charge in [-0.05, 0) is 50.4 Å². The molecule has 0 amide bonds. The highest BCUT2D eigenvalue weighted by Gasteiger charge is 2.32. The van der Waals surface area contributed by atoms with Crippen LogP contribution in [0.5, 0.6) is 5.75 Å². The molecule has 1 aromatic carbocycles. The molecule has 21 heavy (non-hydrogen) atoms. The third kappa shape index (κ3) is 4.47. The van der Waals surface area contributed by atoms with Crippen molar-refractivity contribution in [1.82, 2.24) is 5.32 Å². The highest BCUT2D eigenvalue weighted by Crippen LogP contribution is 2.38. The van der Waals surface area contributed by atoms with E-state index in [0.29, 0.717) is 5.41 Å². The molecule has 0 radical (unpaired) electrons. The fourth-order valence-electron chi connectivity index (χ4n) is 3.55. The summed E-state index contributed by atoms with van der Waals surface area (Å²) in [5.41, 5.74) is 1.83. The van der Waals surface area contributed by atoms with Gasteiger partial charge >= 0.3 is 0 Å². The number of rotatable bonds is 7. The normalized spacial score (nSPS) is 18.2. The molecule has 118 valence electrons. The Hall–Kier alpha value is -1.02. The summed E-state index contributed by atoms with van der Waals surface area (Å²) < 4.78 is 5.59. The van der Waals surface area contributed by atoms with E-state index >= 15 is 0 Å². The topological polar surface area (TPSA) is 21.3 Å². The first kappa shape index (κ1) is 16.4. The fraction of sp³-hybridized carbons (Fsp3) is 0.684. The molecule has 2 heteroatoms. The van der Waals surface area contributed by atoms with E-state index in [4.69, 9.17) is 4.74 Å². The van der Waals surface area contributed by atoms with Crippen LogP contribution in [0.2, 0.25) is 0 Å². The van der Waals surface area contributed by atoms with E-state index in [-0.39, 0.29) is 0 Å². The number of hydrogen-bond donors (Lipinski definition) is 1. The Morgan fingerprint density at radius 1 is 1.00 bits per heavy atom. The SMILES string of the molecule is CCCNCC1(c2ccc(OCC)cc2)CCCCCC1. The maximum Gasteiger partial charge on any atom is 0.119 e. The van der Waals surface area contributed by atoms with Gasteiger partial charge in [0.25, 0.3) is 0 Å². The minimum atomic E-state index is 0.330. The van der Waals surface area contributed by atoms with E-state index in [1.54, 1.807) is 0 Å². The van der Waals surface area contributed by atoms with Crippen molar-refractivity contribution in [1.29, 1.82) is 0 Å². The molecule has 1 aliphatic carbocycles. The van der Waals surface area contributed by atoms with Gasteiger partial charge in [-0.3, -0.25) is 0 Å². The summed E-state index contributed by atoms with van der Waals surface area (Å²) in [6, 6.07) is 8.88. The highest BCUT2D eigenvalue weighted by molar-refractivity contribution is 5.33. The molecule has 0 spiro atoms. The summed E-state index contributed by atoms with van der Waals surface area (Å²) in [6.45, 7) is 7.26. The molecular weight excluding hydrogens is 258 g/mol. The number of hydrogen-bond acceptors (Lipinski definition) is 2. The second-order valence-corrected chi connectivity index (χ2v) is 6.33. The van der Waals surface area contributed by atoms with Gasteiger partial charge in [-0.2, -0.15) is 0 Å². The molecule has 1 N–H and O–H groups in total. The molecular formula is C19H31NO. The van der Waals surface area contributed by atoms with Crippen molar-refractivity contribution in [2.24, 2.45) is 0 Å². The zero-order valence-electron chi connectivity index (χ0n) is 13.8. The van der Waals surface area contributed by atoms with Crippen molar-refractivity contribution in [3.63, 3.8) is 0 Å². The average molecular weight is 289 g/mol. The van der Waals surface area contributed by atoms with Crippen molar-refractivity contribution < 1.29 is 4.74 Å². The zero-order chi connectivity index (χ0) is 15.0. The molecule has 0 unspecified atom stereocenters. The van der Waals surface area contributed by atoms with Crippen LogP contribution in [0.25, 0.3) is 0 Å². The molecule has 0 aliphatic heterocycles. The van der Waals surface area contributed by atoms with Crippen LogP contribution in [0.3, 0.4) is 0 Å². The Kier molecular flexibility index (Phi) is 6.56. The van der Waals surface area contributed by atoms with Crippen LogP contribution in [0.4, 0.5) is 0 Å². The first-order chi connectivity index (χ1) is 10.3. The lowest BCUT2D eigenvalue weighted by Gasteiger charge is -2.34. The predicted octanol–water partition coefficient (Wildman–Crippen LogP) is 4.68. The first-order valence-electron chi connectivity index (χ1n) is 8.75. The summed E-state index contributed by atoms with van der Waals surface area (Å²) in [6.07, 6.45) is 9.36. The molecule has 1 aliphatic rings. The van der Waals surface area contributed by atoms with Gasteiger partial charge < -0.3 is 10.1 Å². The molecule has 1 saturated carbocycles. The standard InChI is InChI=1S/C19H31NO/c1-3-15-20-16-19(13-7-5-6-8-14-19)17-9-11-18(12-10-17)21-4-2/h9-12,20H,3-8,13-16H2,1-2H3. The van der Waals surface area contributed by atoms with Gasteiger partial charge in [0, 0.05) is 12.0 Å². The summed E-state index contributed by atoms with van der Waals surface area (Å²) in [5.74, 6) is 0.992. The summed E-state index contributed by atoms with van der Waals surface area (Å²) in [7, 11) is 0. The van der Waals surface area contributed by atoms with Crippen molar-refractivity contribution in [3.05, 3.63) is 29.8 Å². The van der Waals surface area contributed by atoms with Gasteiger partial charge in [0.1, 0.15) is 5.75 Å². The second kappa shape index (κ2) is 8.43. The Morgan fingerprint density at radius 2 is 1.67 bits per heavy atom. The third-order valence-electron chi connectivity index (χ3n) is 4.73. The van der Waals surface area contributed by atoms with Crippen LogP contribution in [0.1, 0.15) is 64.4 Å². The monoisotopic (exact) mass is 289 g/mol. The molecule has 0 heterocycles. The highest BCUT2D eigenvalue weighted by atomic mass is 16.5. The van der Waals surface area contributed by atoms with Crippen LogP contribution in [0, 0.1) is 0 Å². The Labute approximate surface area is 130 Å². The van der Waals surface area contributed by atoms with Crippen LogP contribution in [-0.4, -0.2) is 19.7 Å². The van der Waals surface area contributed by atoms with E-state index in [1.165, 1.54) is 50.5 Å². The maximum atomic E-state index is 5.59. The molecule has 2 nitrogen and oxygen atoms in total. The van der Waals surface area contributed by atoms with Crippen molar-refractivity contribution in [2.75, 3.05) is 19.7 Å². The van der Waals surface area contributed by atoms with Gasteiger partial charge in [0.05, 0.1) is 6.61 Å². The summed E-state index contributed by atoms with van der Waals surface area (Å²) >= 11 is 0. The summed E-state index contributed by atoms with van der Waals surface area (Å²) in [5, 5.41) is 3.68. The fourth-order valence-corrected chi connectivity index (χ4v) is 3.55. The minimum absolute atomic E-state index is 0.330. The second-order valence-electron chi connectivity index (χ2n) is 6.33. The maximum absolute atomic E-state index is 5.59. The first-order valence-corrected chi connectivity index (χ1v) is 8.75. The van der Waals surface area contributed by atoms with Crippen LogP contribution < -0.4 is 10.1 Å². The largest absolute Gasteiger partial charge is 0.494 e. The molecule has 1 aromatic rings. The van der Waals surface area contributed by atoms with Gasteiger partial charge in [0.15, 0.2) is 0 Å². The molecule has 0 aromatic heterocycles. The molecule has 0 bridgehead atoms. The predicted molar refractivity (Wildman–Crippen MR) is 90.2 cm³/mol. The average Bonchev–Trinajstić information content (AvgIpc) is 2.75. The van der Waals surface area contributed by atoms with Gasteiger partial charge in [-0.25, -0.2) is 0 Å². The lowest BCUT2D eigenvalue weighted by molar-refractivity contribution is 0.335. The van der Waals surface area contributed by atoms with E-state index in [2.05, 4.69) is 36.5 Å². The Morgan fingerprint density at radius 3 is 2.24 bits per heavy atom. The molecule has 2 rings (SSSR count). The van der Waals surface area contributed by atoms with Crippen molar-refractivity contribution in [2.45, 2.75) is 64.2 Å². The van der Waals surface area contributed by atoms with E-state index < -0.39 is 0 Å². The van der Waals surface area contributed by atoms with Crippen LogP contribution in [-0.2, 0) is 5.41 Å². The lowest BCUT2D eigenvalue weighted by Crippen LogP contribution is -2.38. The summed E-state index contributed by atoms with van der Waals surface area (Å²) in [4.78, 5) is 0. The molecule has 0 saturated heterocycles. The van der Waals surface area contributed by atoms with E-state index in [9.17, 15) is 0 Å². The number of benzene rings is 1. The molecule has 1 fully saturated rings. The van der Waals surface area contributed by atoms with Crippen molar-refractivity contribution >= 4 is 0 Å². The van der Waals surface area contributed by atoms with Crippen molar-refractivity contribution in [3.8, 4) is 5.75 Å². The quantitative estimate of drug-likeness (QED) is 0.581. The smallest absolute Gasteiger partial charge is 0.119 e. The van der Waals surface area contributed by atoms with E-state index in [0.717, 1.165) is 25.4 Å². The Bertz CT molecular complexity index is 391. The van der Waals surface area contributed by atoms with Gasteiger partial charge in [-0.15, -0.1) is 0 Å². The van der Waals surface area contributed by atoms with E-state index in [1.807, 2.05) is 6.92 Å². The zero-order valence-corrected chi connectivity index (χ0v) is 13.8. The molecule has 0 atom stereocenters. The number of nitrogens with one attached hydrogen (secondary N) is 1. The van der Waals surface area contributed by atoms with Crippen LogP contribution in [0.15, 0.2) is 24.3 Å². The van der Waals surface area contributed by atoms with Crippen LogP contribution >= 0.6 is 0 Å². The number of ether oxygens (including phenoxy) is 1. The Balaban J connectivity index is 2.16. The third-order valence-corrected chi connectivity index (χ3v) is 4.73.